The Hall–Kier alpha value is -1.59. The Morgan fingerprint density at radius 1 is 1.17 bits per heavy atom. The van der Waals surface area contributed by atoms with E-state index in [2.05, 4.69) is 0 Å². The normalized spacial score (nSPS) is 19.7. The van der Waals surface area contributed by atoms with Crippen LogP contribution in [-0.4, -0.2) is 42.3 Å². The first-order valence-corrected chi connectivity index (χ1v) is 7.80. The summed E-state index contributed by atoms with van der Waals surface area (Å²) in [5.41, 5.74) is 6.07. The lowest BCUT2D eigenvalue weighted by Crippen LogP contribution is -2.49. The van der Waals surface area contributed by atoms with Gasteiger partial charge in [-0.2, -0.15) is 0 Å². The minimum atomic E-state index is -0.604. The summed E-state index contributed by atoms with van der Waals surface area (Å²) in [6.45, 7) is 1.26. The van der Waals surface area contributed by atoms with Gasteiger partial charge in [0.1, 0.15) is 5.75 Å². The molecule has 6 heteroatoms. The highest BCUT2D eigenvalue weighted by atomic mass is 35.5. The van der Waals surface area contributed by atoms with E-state index in [1.54, 1.807) is 31.4 Å². The van der Waals surface area contributed by atoms with Crippen molar-refractivity contribution < 1.29 is 14.3 Å². The van der Waals surface area contributed by atoms with Crippen LogP contribution < -0.4 is 10.5 Å². The standard InChI is InChI=1S/C17H22N2O3.ClH/c1-22-14-4-2-12(3-5-14)15(20)13-6-10-19(11-7-13)16(21)17(18)8-9-17;/h2-5,13H,6-11,18H2,1H3;1H. The zero-order chi connectivity index (χ0) is 15.7. The van der Waals surface area contributed by atoms with Crippen LogP contribution in [0.2, 0.25) is 0 Å². The molecule has 1 aromatic carbocycles. The maximum absolute atomic E-state index is 12.5. The van der Waals surface area contributed by atoms with Gasteiger partial charge in [-0.3, -0.25) is 9.59 Å². The minimum Gasteiger partial charge on any atom is -0.497 e. The smallest absolute Gasteiger partial charge is 0.242 e. The molecule has 0 spiro atoms. The molecule has 0 unspecified atom stereocenters. The number of amides is 1. The van der Waals surface area contributed by atoms with Gasteiger partial charge in [-0.15, -0.1) is 12.4 Å². The predicted molar refractivity (Wildman–Crippen MR) is 90.0 cm³/mol. The fraction of sp³-hybridized carbons (Fsp3) is 0.529. The first-order valence-electron chi connectivity index (χ1n) is 7.80. The van der Waals surface area contributed by atoms with Crippen molar-refractivity contribution in [3.63, 3.8) is 0 Å². The Morgan fingerprint density at radius 2 is 1.74 bits per heavy atom. The van der Waals surface area contributed by atoms with Crippen molar-refractivity contribution in [3.8, 4) is 5.75 Å². The van der Waals surface area contributed by atoms with E-state index in [0.29, 0.717) is 31.5 Å². The molecule has 1 saturated heterocycles. The molecule has 5 nitrogen and oxygen atoms in total. The van der Waals surface area contributed by atoms with Crippen LogP contribution >= 0.6 is 12.4 Å². The molecule has 23 heavy (non-hydrogen) atoms. The minimum absolute atomic E-state index is 0. The largest absolute Gasteiger partial charge is 0.497 e. The molecule has 1 aliphatic heterocycles. The number of Topliss-reactive ketones (excluding diaryl/α,β-unsaturated/α-hetero) is 1. The first-order chi connectivity index (χ1) is 10.5. The van der Waals surface area contributed by atoms with Gasteiger partial charge in [0.2, 0.25) is 5.91 Å². The molecular formula is C17H23ClN2O3. The van der Waals surface area contributed by atoms with Gasteiger partial charge in [0.25, 0.3) is 0 Å². The third kappa shape index (κ3) is 3.67. The summed E-state index contributed by atoms with van der Waals surface area (Å²) in [6, 6.07) is 7.21. The number of methoxy groups -OCH3 is 1. The third-order valence-electron chi connectivity index (χ3n) is 4.74. The van der Waals surface area contributed by atoms with Crippen LogP contribution in [0, 0.1) is 5.92 Å². The second-order valence-electron chi connectivity index (χ2n) is 6.32. The lowest BCUT2D eigenvalue weighted by Gasteiger charge is -2.33. The summed E-state index contributed by atoms with van der Waals surface area (Å²) in [5, 5.41) is 0. The molecule has 0 aromatic heterocycles. The van der Waals surface area contributed by atoms with E-state index in [9.17, 15) is 9.59 Å². The van der Waals surface area contributed by atoms with Crippen molar-refractivity contribution in [1.29, 1.82) is 0 Å². The number of ether oxygens (including phenoxy) is 1. The molecule has 2 aliphatic rings. The summed E-state index contributed by atoms with van der Waals surface area (Å²) in [4.78, 5) is 26.5. The molecule has 3 rings (SSSR count). The van der Waals surface area contributed by atoms with Crippen molar-refractivity contribution in [3.05, 3.63) is 29.8 Å². The average molecular weight is 339 g/mol. The van der Waals surface area contributed by atoms with Crippen molar-refractivity contribution in [2.45, 2.75) is 31.2 Å². The Morgan fingerprint density at radius 3 is 2.22 bits per heavy atom. The van der Waals surface area contributed by atoms with Gasteiger partial charge in [0.15, 0.2) is 5.78 Å². The van der Waals surface area contributed by atoms with Crippen molar-refractivity contribution in [2.24, 2.45) is 11.7 Å². The van der Waals surface area contributed by atoms with Crippen LogP contribution in [0.25, 0.3) is 0 Å². The van der Waals surface area contributed by atoms with Gasteiger partial charge in [0.05, 0.1) is 12.6 Å². The monoisotopic (exact) mass is 338 g/mol. The fourth-order valence-corrected chi connectivity index (χ4v) is 3.00. The maximum Gasteiger partial charge on any atom is 0.242 e. The van der Waals surface area contributed by atoms with E-state index in [0.717, 1.165) is 18.6 Å². The molecule has 0 bridgehead atoms. The second-order valence-corrected chi connectivity index (χ2v) is 6.32. The summed E-state index contributed by atoms with van der Waals surface area (Å²) >= 11 is 0. The van der Waals surface area contributed by atoms with Gasteiger partial charge in [-0.1, -0.05) is 0 Å². The van der Waals surface area contributed by atoms with Crippen LogP contribution in [0.4, 0.5) is 0 Å². The summed E-state index contributed by atoms with van der Waals surface area (Å²) in [6.07, 6.45) is 3.01. The van der Waals surface area contributed by atoms with Crippen LogP contribution in [0.1, 0.15) is 36.0 Å². The number of rotatable bonds is 4. The van der Waals surface area contributed by atoms with E-state index in [4.69, 9.17) is 10.5 Å². The zero-order valence-electron chi connectivity index (χ0n) is 13.3. The van der Waals surface area contributed by atoms with E-state index >= 15 is 0 Å². The number of halogens is 1. The van der Waals surface area contributed by atoms with Gasteiger partial charge in [-0.05, 0) is 49.9 Å². The molecule has 1 aliphatic carbocycles. The zero-order valence-corrected chi connectivity index (χ0v) is 14.1. The van der Waals surface area contributed by atoms with Gasteiger partial charge >= 0.3 is 0 Å². The van der Waals surface area contributed by atoms with Crippen molar-refractivity contribution in [1.82, 2.24) is 4.90 Å². The highest BCUT2D eigenvalue weighted by Crippen LogP contribution is 2.35. The molecule has 2 fully saturated rings. The quantitative estimate of drug-likeness (QED) is 0.853. The first kappa shape index (κ1) is 17.8. The lowest BCUT2D eigenvalue weighted by atomic mass is 9.88. The van der Waals surface area contributed by atoms with Crippen molar-refractivity contribution in [2.75, 3.05) is 20.2 Å². The number of hydrogen-bond acceptors (Lipinski definition) is 4. The molecule has 1 amide bonds. The van der Waals surface area contributed by atoms with Crippen LogP contribution in [0.3, 0.4) is 0 Å². The highest BCUT2D eigenvalue weighted by Gasteiger charge is 2.48. The van der Waals surface area contributed by atoms with Gasteiger partial charge < -0.3 is 15.4 Å². The summed E-state index contributed by atoms with van der Waals surface area (Å²) < 4.78 is 5.11. The molecule has 0 radical (unpaired) electrons. The van der Waals surface area contributed by atoms with Gasteiger partial charge in [-0.25, -0.2) is 0 Å². The van der Waals surface area contributed by atoms with Crippen molar-refractivity contribution >= 4 is 24.1 Å². The van der Waals surface area contributed by atoms with Gasteiger partial charge in [0, 0.05) is 24.6 Å². The fourth-order valence-electron chi connectivity index (χ4n) is 3.00. The predicted octanol–water partition coefficient (Wildman–Crippen LogP) is 2.03. The number of nitrogens with two attached hydrogens (primary N) is 1. The number of nitrogens with zero attached hydrogens (tertiary/aromatic N) is 1. The molecule has 126 valence electrons. The molecular weight excluding hydrogens is 316 g/mol. The number of ketones is 1. The number of carbonyl (C=O) groups is 2. The Bertz CT molecular complexity index is 576. The molecule has 1 saturated carbocycles. The molecule has 2 N–H and O–H groups in total. The summed E-state index contributed by atoms with van der Waals surface area (Å²) in [7, 11) is 1.60. The van der Waals surface area contributed by atoms with E-state index in [1.165, 1.54) is 0 Å². The molecule has 1 aromatic rings. The summed E-state index contributed by atoms with van der Waals surface area (Å²) in [5.74, 6) is 0.950. The maximum atomic E-state index is 12.5. The number of carbonyl (C=O) groups excluding carboxylic acids is 2. The topological polar surface area (TPSA) is 72.6 Å². The number of benzene rings is 1. The van der Waals surface area contributed by atoms with E-state index < -0.39 is 5.54 Å². The van der Waals surface area contributed by atoms with Crippen LogP contribution in [0.15, 0.2) is 24.3 Å². The average Bonchev–Trinajstić information content (AvgIpc) is 3.32. The number of piperidine rings is 1. The highest BCUT2D eigenvalue weighted by molar-refractivity contribution is 5.98. The Labute approximate surface area is 142 Å². The third-order valence-corrected chi connectivity index (χ3v) is 4.74. The lowest BCUT2D eigenvalue weighted by molar-refractivity contribution is -0.134. The van der Waals surface area contributed by atoms with Crippen LogP contribution in [-0.2, 0) is 4.79 Å². The number of hydrogen-bond donors (Lipinski definition) is 1. The molecule has 0 atom stereocenters. The SMILES string of the molecule is COc1ccc(C(=O)C2CCN(C(=O)C3(N)CC3)CC2)cc1.Cl. The number of likely N-dealkylation sites (tertiary alicyclic amines) is 1. The Kier molecular flexibility index (Phi) is 5.32. The van der Waals surface area contributed by atoms with E-state index in [1.807, 2.05) is 4.90 Å². The Balaban J connectivity index is 0.00000192. The molecule has 1 heterocycles. The van der Waals surface area contributed by atoms with Crippen LogP contribution in [0.5, 0.6) is 5.75 Å². The second kappa shape index (κ2) is 6.89. The van der Waals surface area contributed by atoms with E-state index in [-0.39, 0.29) is 30.0 Å².